The van der Waals surface area contributed by atoms with Crippen molar-refractivity contribution in [2.75, 3.05) is 39.8 Å². The van der Waals surface area contributed by atoms with E-state index in [0.717, 1.165) is 38.5 Å². The quantitative estimate of drug-likeness (QED) is 0.848. The summed E-state index contributed by atoms with van der Waals surface area (Å²) in [6, 6.07) is 8.98. The lowest BCUT2D eigenvalue weighted by Gasteiger charge is -2.36. The van der Waals surface area contributed by atoms with Crippen molar-refractivity contribution in [3.63, 3.8) is 0 Å². The molecule has 21 heavy (non-hydrogen) atoms. The minimum atomic E-state index is 0.169. The van der Waals surface area contributed by atoms with Gasteiger partial charge in [-0.05, 0) is 37.1 Å². The molecule has 1 saturated heterocycles. The smallest absolute Gasteiger partial charge is 0.119 e. The molecule has 0 amide bonds. The van der Waals surface area contributed by atoms with Crippen LogP contribution in [0.1, 0.15) is 33.3 Å². The molecule has 1 unspecified atom stereocenters. The number of rotatable bonds is 4. The summed E-state index contributed by atoms with van der Waals surface area (Å²) in [7, 11) is 2.19. The van der Waals surface area contributed by atoms with Crippen molar-refractivity contribution in [2.24, 2.45) is 0 Å². The zero-order valence-corrected chi connectivity index (χ0v) is 14.2. The number of hydrogen-bond donors (Lipinski definition) is 0. The molecule has 0 N–H and O–H groups in total. The highest BCUT2D eigenvalue weighted by molar-refractivity contribution is 5.32. The Balaban J connectivity index is 1.88. The van der Waals surface area contributed by atoms with Crippen LogP contribution in [0.4, 0.5) is 0 Å². The lowest BCUT2D eigenvalue weighted by Crippen LogP contribution is -2.49. The number of nitrogens with zero attached hydrogens (tertiary/aromatic N) is 2. The van der Waals surface area contributed by atoms with Crippen LogP contribution in [0.15, 0.2) is 24.3 Å². The number of hydrogen-bond acceptors (Lipinski definition) is 3. The molecule has 0 radical (unpaired) electrons. The predicted octanol–water partition coefficient (Wildman–Crippen LogP) is 3.00. The first-order chi connectivity index (χ1) is 9.86. The molecule has 1 aliphatic heterocycles. The summed E-state index contributed by atoms with van der Waals surface area (Å²) >= 11 is 0. The second kappa shape index (κ2) is 6.80. The van der Waals surface area contributed by atoms with E-state index < -0.39 is 0 Å². The van der Waals surface area contributed by atoms with E-state index in [0.29, 0.717) is 6.04 Å². The van der Waals surface area contributed by atoms with Crippen molar-refractivity contribution in [3.8, 4) is 5.75 Å². The first-order valence-corrected chi connectivity index (χ1v) is 8.02. The van der Waals surface area contributed by atoms with Gasteiger partial charge < -0.3 is 9.64 Å². The Morgan fingerprint density at radius 3 is 2.43 bits per heavy atom. The minimum Gasteiger partial charge on any atom is -0.492 e. The Morgan fingerprint density at radius 2 is 1.81 bits per heavy atom. The summed E-state index contributed by atoms with van der Waals surface area (Å²) in [6.07, 6.45) is 0. The van der Waals surface area contributed by atoms with E-state index in [1.807, 2.05) is 0 Å². The molecule has 2 rings (SSSR count). The molecule has 3 nitrogen and oxygen atoms in total. The third-order valence-corrected chi connectivity index (χ3v) is 4.35. The largest absolute Gasteiger partial charge is 0.492 e. The number of ether oxygens (including phenoxy) is 1. The average Bonchev–Trinajstić information content (AvgIpc) is 2.45. The summed E-state index contributed by atoms with van der Waals surface area (Å²) in [5.74, 6) is 0.989. The maximum Gasteiger partial charge on any atom is 0.119 e. The summed E-state index contributed by atoms with van der Waals surface area (Å²) in [6.45, 7) is 14.3. The van der Waals surface area contributed by atoms with Gasteiger partial charge in [0.25, 0.3) is 0 Å². The standard InChI is InChI=1S/C18H30N2O/c1-15(20-11-9-19(5)10-12-20)14-21-17-8-6-7-16(13-17)18(2,3)4/h6-8,13,15H,9-12,14H2,1-5H3. The molecule has 3 heteroatoms. The second-order valence-electron chi connectivity index (χ2n) is 7.28. The molecule has 0 aliphatic carbocycles. The molecular weight excluding hydrogens is 260 g/mol. The predicted molar refractivity (Wildman–Crippen MR) is 89.2 cm³/mol. The second-order valence-corrected chi connectivity index (χ2v) is 7.28. The molecule has 118 valence electrons. The van der Waals surface area contributed by atoms with E-state index >= 15 is 0 Å². The Morgan fingerprint density at radius 1 is 1.14 bits per heavy atom. The van der Waals surface area contributed by atoms with Gasteiger partial charge in [-0.2, -0.15) is 0 Å². The third kappa shape index (κ3) is 4.72. The first kappa shape index (κ1) is 16.3. The number of piperazine rings is 1. The molecule has 0 aromatic heterocycles. The highest BCUT2D eigenvalue weighted by Gasteiger charge is 2.20. The maximum absolute atomic E-state index is 6.03. The monoisotopic (exact) mass is 290 g/mol. The molecule has 1 atom stereocenters. The van der Waals surface area contributed by atoms with Gasteiger partial charge in [-0.3, -0.25) is 4.90 Å². The SMILES string of the molecule is CC(COc1cccc(C(C)(C)C)c1)N1CCN(C)CC1. The van der Waals surface area contributed by atoms with Gasteiger partial charge in [-0.15, -0.1) is 0 Å². The molecule has 0 bridgehead atoms. The van der Waals surface area contributed by atoms with E-state index in [1.54, 1.807) is 0 Å². The first-order valence-electron chi connectivity index (χ1n) is 8.02. The van der Waals surface area contributed by atoms with Crippen molar-refractivity contribution in [2.45, 2.75) is 39.2 Å². The summed E-state index contributed by atoms with van der Waals surface area (Å²) in [5.41, 5.74) is 1.50. The van der Waals surface area contributed by atoms with E-state index in [-0.39, 0.29) is 5.41 Å². The van der Waals surface area contributed by atoms with Gasteiger partial charge in [-0.25, -0.2) is 0 Å². The summed E-state index contributed by atoms with van der Waals surface area (Å²) in [4.78, 5) is 4.91. The Bertz CT molecular complexity index is 445. The van der Waals surface area contributed by atoms with E-state index in [9.17, 15) is 0 Å². The molecular formula is C18H30N2O. The van der Waals surface area contributed by atoms with Crippen LogP contribution >= 0.6 is 0 Å². The zero-order valence-electron chi connectivity index (χ0n) is 14.2. The summed E-state index contributed by atoms with van der Waals surface area (Å²) in [5, 5.41) is 0. The van der Waals surface area contributed by atoms with Gasteiger partial charge in [-0.1, -0.05) is 32.9 Å². The van der Waals surface area contributed by atoms with E-state index in [1.165, 1.54) is 5.56 Å². The minimum absolute atomic E-state index is 0.169. The van der Waals surface area contributed by atoms with Crippen LogP contribution in [0.3, 0.4) is 0 Å². The van der Waals surface area contributed by atoms with Gasteiger partial charge in [0.1, 0.15) is 12.4 Å². The van der Waals surface area contributed by atoms with Crippen molar-refractivity contribution >= 4 is 0 Å². The summed E-state index contributed by atoms with van der Waals surface area (Å²) < 4.78 is 6.03. The molecule has 1 aromatic carbocycles. The fourth-order valence-corrected chi connectivity index (χ4v) is 2.64. The fourth-order valence-electron chi connectivity index (χ4n) is 2.64. The van der Waals surface area contributed by atoms with Gasteiger partial charge >= 0.3 is 0 Å². The third-order valence-electron chi connectivity index (χ3n) is 4.35. The van der Waals surface area contributed by atoms with Gasteiger partial charge in [0.2, 0.25) is 0 Å². The van der Waals surface area contributed by atoms with Crippen LogP contribution in [-0.2, 0) is 5.41 Å². The van der Waals surface area contributed by atoms with Crippen LogP contribution in [0.5, 0.6) is 5.75 Å². The fraction of sp³-hybridized carbons (Fsp3) is 0.667. The highest BCUT2D eigenvalue weighted by Crippen LogP contribution is 2.25. The van der Waals surface area contributed by atoms with Crippen molar-refractivity contribution in [1.29, 1.82) is 0 Å². The van der Waals surface area contributed by atoms with Crippen LogP contribution in [0.25, 0.3) is 0 Å². The highest BCUT2D eigenvalue weighted by atomic mass is 16.5. The number of benzene rings is 1. The molecule has 1 heterocycles. The lowest BCUT2D eigenvalue weighted by molar-refractivity contribution is 0.0903. The van der Waals surface area contributed by atoms with Crippen molar-refractivity contribution in [1.82, 2.24) is 9.80 Å². The van der Waals surface area contributed by atoms with Crippen molar-refractivity contribution < 1.29 is 4.74 Å². The van der Waals surface area contributed by atoms with Crippen LogP contribution < -0.4 is 4.74 Å². The van der Waals surface area contributed by atoms with Gasteiger partial charge in [0, 0.05) is 32.2 Å². The van der Waals surface area contributed by atoms with Crippen LogP contribution in [0.2, 0.25) is 0 Å². The van der Waals surface area contributed by atoms with Gasteiger partial charge in [0.15, 0.2) is 0 Å². The van der Waals surface area contributed by atoms with Crippen molar-refractivity contribution in [3.05, 3.63) is 29.8 Å². The molecule has 1 aromatic rings. The average molecular weight is 290 g/mol. The van der Waals surface area contributed by atoms with Crippen LogP contribution in [-0.4, -0.2) is 55.7 Å². The van der Waals surface area contributed by atoms with E-state index in [2.05, 4.69) is 68.8 Å². The van der Waals surface area contributed by atoms with E-state index in [4.69, 9.17) is 4.74 Å². The molecule has 0 saturated carbocycles. The van der Waals surface area contributed by atoms with Crippen LogP contribution in [0, 0.1) is 0 Å². The Hall–Kier alpha value is -1.06. The molecule has 0 spiro atoms. The topological polar surface area (TPSA) is 15.7 Å². The normalized spacial score (nSPS) is 19.5. The lowest BCUT2D eigenvalue weighted by atomic mass is 9.87. The Kier molecular flexibility index (Phi) is 5.28. The molecule has 1 fully saturated rings. The number of likely N-dealkylation sites (N-methyl/N-ethyl adjacent to an activating group) is 1. The Labute approximate surface area is 129 Å². The maximum atomic E-state index is 6.03. The zero-order chi connectivity index (χ0) is 15.5. The molecule has 1 aliphatic rings. The van der Waals surface area contributed by atoms with Gasteiger partial charge in [0.05, 0.1) is 0 Å².